The van der Waals surface area contributed by atoms with Crippen molar-refractivity contribution in [1.29, 1.82) is 5.26 Å². The summed E-state index contributed by atoms with van der Waals surface area (Å²) in [6.45, 7) is 2.08. The van der Waals surface area contributed by atoms with Gasteiger partial charge in [0.15, 0.2) is 17.5 Å². The second kappa shape index (κ2) is 8.72. The van der Waals surface area contributed by atoms with Gasteiger partial charge >= 0.3 is 0 Å². The van der Waals surface area contributed by atoms with Crippen LogP contribution in [0.2, 0.25) is 0 Å². The highest BCUT2D eigenvalue weighted by atomic mass is 16.5. The molecule has 0 aliphatic heterocycles. The molecule has 0 atom stereocenters. The Labute approximate surface area is 209 Å². The molecule has 4 nitrogen and oxygen atoms in total. The van der Waals surface area contributed by atoms with E-state index in [1.807, 2.05) is 73.9 Å². The number of nitrogens with zero attached hydrogens (tertiary/aromatic N) is 2. The zero-order chi connectivity index (χ0) is 24.6. The lowest BCUT2D eigenvalue weighted by atomic mass is 10.0. The third-order valence-corrected chi connectivity index (χ3v) is 6.59. The molecule has 0 amide bonds. The highest BCUT2D eigenvalue weighted by Gasteiger charge is 2.23. The van der Waals surface area contributed by atoms with Gasteiger partial charge in [0.25, 0.3) is 0 Å². The lowest BCUT2D eigenvalue weighted by Gasteiger charge is -2.09. The van der Waals surface area contributed by atoms with E-state index >= 15 is 0 Å². The summed E-state index contributed by atoms with van der Waals surface area (Å²) >= 11 is 0. The fourth-order valence-corrected chi connectivity index (χ4v) is 4.73. The Balaban J connectivity index is 1.51. The summed E-state index contributed by atoms with van der Waals surface area (Å²) in [4.78, 5) is 0. The minimum Gasteiger partial charge on any atom is -0.452 e. The fraction of sp³-hybridized carbons (Fsp3) is 0.0625. The number of rotatable bonds is 4. The quantitative estimate of drug-likeness (QED) is 0.249. The fourth-order valence-electron chi connectivity index (χ4n) is 4.73. The van der Waals surface area contributed by atoms with Crippen LogP contribution in [0.15, 0.2) is 108 Å². The zero-order valence-electron chi connectivity index (χ0n) is 20.0. The molecule has 0 saturated heterocycles. The molecule has 36 heavy (non-hydrogen) atoms. The first-order valence-corrected chi connectivity index (χ1v) is 11.8. The number of aryl methyl sites for hydroxylation is 2. The van der Waals surface area contributed by atoms with Crippen LogP contribution in [0, 0.1) is 18.3 Å². The largest absolute Gasteiger partial charge is 0.452 e. The van der Waals surface area contributed by atoms with Crippen molar-refractivity contribution in [3.05, 3.63) is 114 Å². The number of ether oxygens (including phenoxy) is 1. The molecule has 4 heteroatoms. The summed E-state index contributed by atoms with van der Waals surface area (Å²) in [6, 6.07) is 34.4. The Kier molecular flexibility index (Phi) is 5.24. The highest BCUT2D eigenvalue weighted by molar-refractivity contribution is 6.11. The SMILES string of the molecule is Cc1ccc2c(oc3c(Oc4ccc(-c5ccccc5)cc4)c(C#N)ccc32)c1-c1cccc[n+]1C. The van der Waals surface area contributed by atoms with Crippen LogP contribution in [0.3, 0.4) is 0 Å². The first-order chi connectivity index (χ1) is 17.6. The van der Waals surface area contributed by atoms with Crippen LogP contribution in [0.1, 0.15) is 11.1 Å². The summed E-state index contributed by atoms with van der Waals surface area (Å²) in [7, 11) is 2.03. The van der Waals surface area contributed by atoms with E-state index in [9.17, 15) is 5.26 Å². The van der Waals surface area contributed by atoms with E-state index in [-0.39, 0.29) is 0 Å². The molecule has 4 aromatic carbocycles. The van der Waals surface area contributed by atoms with E-state index in [2.05, 4.69) is 47.9 Å². The normalized spacial score (nSPS) is 11.0. The number of fused-ring (bicyclic) bond motifs is 3. The third kappa shape index (κ3) is 3.59. The monoisotopic (exact) mass is 467 g/mol. The molecular formula is C32H23N2O2+. The molecule has 0 N–H and O–H groups in total. The molecule has 0 spiro atoms. The summed E-state index contributed by atoms with van der Waals surface area (Å²) in [6.07, 6.45) is 2.03. The maximum Gasteiger partial charge on any atom is 0.216 e. The van der Waals surface area contributed by atoms with Gasteiger partial charge in [-0.25, -0.2) is 4.57 Å². The summed E-state index contributed by atoms with van der Waals surface area (Å²) in [5.74, 6) is 1.07. The molecule has 0 aliphatic carbocycles. The maximum atomic E-state index is 9.86. The maximum absolute atomic E-state index is 9.86. The second-order valence-corrected chi connectivity index (χ2v) is 8.86. The lowest BCUT2D eigenvalue weighted by molar-refractivity contribution is -0.660. The predicted octanol–water partition coefficient (Wildman–Crippen LogP) is 7.72. The lowest BCUT2D eigenvalue weighted by Crippen LogP contribution is -2.30. The molecule has 0 bridgehead atoms. The van der Waals surface area contributed by atoms with E-state index in [0.717, 1.165) is 44.3 Å². The minimum absolute atomic E-state index is 0.428. The zero-order valence-corrected chi connectivity index (χ0v) is 20.0. The Morgan fingerprint density at radius 3 is 2.19 bits per heavy atom. The Morgan fingerprint density at radius 1 is 0.750 bits per heavy atom. The summed E-state index contributed by atoms with van der Waals surface area (Å²) in [5.41, 5.74) is 7.22. The molecule has 0 unspecified atom stereocenters. The van der Waals surface area contributed by atoms with Crippen molar-refractivity contribution in [3.8, 4) is 40.0 Å². The van der Waals surface area contributed by atoms with Gasteiger partial charge in [-0.2, -0.15) is 5.26 Å². The molecular weight excluding hydrogens is 444 g/mol. The smallest absolute Gasteiger partial charge is 0.216 e. The number of hydrogen-bond acceptors (Lipinski definition) is 3. The number of nitriles is 1. The third-order valence-electron chi connectivity index (χ3n) is 6.59. The first kappa shape index (κ1) is 21.6. The molecule has 2 heterocycles. The van der Waals surface area contributed by atoms with Crippen LogP contribution in [-0.2, 0) is 7.05 Å². The molecule has 0 saturated carbocycles. The van der Waals surface area contributed by atoms with Gasteiger partial charge in [0, 0.05) is 22.9 Å². The molecule has 172 valence electrons. The van der Waals surface area contributed by atoms with Crippen LogP contribution >= 0.6 is 0 Å². The van der Waals surface area contributed by atoms with Crippen LogP contribution in [-0.4, -0.2) is 0 Å². The molecule has 6 rings (SSSR count). The number of aromatic nitrogens is 1. The van der Waals surface area contributed by atoms with E-state index < -0.39 is 0 Å². The number of furan rings is 1. The Bertz CT molecular complexity index is 1780. The van der Waals surface area contributed by atoms with E-state index in [1.54, 1.807) is 6.07 Å². The second-order valence-electron chi connectivity index (χ2n) is 8.86. The van der Waals surface area contributed by atoms with Gasteiger partial charge in [-0.1, -0.05) is 54.6 Å². The van der Waals surface area contributed by atoms with E-state index in [0.29, 0.717) is 22.6 Å². The van der Waals surface area contributed by atoms with Gasteiger partial charge in [0.05, 0.1) is 11.1 Å². The van der Waals surface area contributed by atoms with Gasteiger partial charge in [-0.05, 0) is 53.9 Å². The summed E-state index contributed by atoms with van der Waals surface area (Å²) in [5, 5.41) is 11.8. The Hall–Kier alpha value is -4.88. The van der Waals surface area contributed by atoms with Gasteiger partial charge in [-0.3, -0.25) is 0 Å². The van der Waals surface area contributed by atoms with Gasteiger partial charge in [0.1, 0.15) is 24.4 Å². The van der Waals surface area contributed by atoms with Crippen molar-refractivity contribution in [1.82, 2.24) is 0 Å². The number of benzene rings is 4. The van der Waals surface area contributed by atoms with Crippen LogP contribution in [0.25, 0.3) is 44.3 Å². The molecule has 0 fully saturated rings. The average Bonchev–Trinajstić information content (AvgIpc) is 3.29. The van der Waals surface area contributed by atoms with Crippen molar-refractivity contribution < 1.29 is 13.7 Å². The molecule has 2 aromatic heterocycles. The number of hydrogen-bond donors (Lipinski definition) is 0. The predicted molar refractivity (Wildman–Crippen MR) is 142 cm³/mol. The van der Waals surface area contributed by atoms with Crippen LogP contribution in [0.5, 0.6) is 11.5 Å². The highest BCUT2D eigenvalue weighted by Crippen LogP contribution is 2.42. The summed E-state index contributed by atoms with van der Waals surface area (Å²) < 4.78 is 14.9. The molecule has 0 radical (unpaired) electrons. The topological polar surface area (TPSA) is 50.0 Å². The van der Waals surface area contributed by atoms with Crippen molar-refractivity contribution in [2.24, 2.45) is 7.05 Å². The van der Waals surface area contributed by atoms with E-state index in [4.69, 9.17) is 9.15 Å². The van der Waals surface area contributed by atoms with Crippen molar-refractivity contribution in [3.63, 3.8) is 0 Å². The minimum atomic E-state index is 0.428. The average molecular weight is 468 g/mol. The van der Waals surface area contributed by atoms with Crippen molar-refractivity contribution >= 4 is 21.9 Å². The van der Waals surface area contributed by atoms with Crippen LogP contribution < -0.4 is 9.30 Å². The Morgan fingerprint density at radius 2 is 1.44 bits per heavy atom. The van der Waals surface area contributed by atoms with E-state index in [1.165, 1.54) is 0 Å². The molecule has 0 aliphatic rings. The first-order valence-electron chi connectivity index (χ1n) is 11.8. The van der Waals surface area contributed by atoms with Crippen molar-refractivity contribution in [2.45, 2.75) is 6.92 Å². The van der Waals surface area contributed by atoms with Crippen LogP contribution in [0.4, 0.5) is 0 Å². The molecule has 6 aromatic rings. The van der Waals surface area contributed by atoms with Gasteiger partial charge in [-0.15, -0.1) is 0 Å². The number of pyridine rings is 1. The van der Waals surface area contributed by atoms with Gasteiger partial charge in [0.2, 0.25) is 5.69 Å². The van der Waals surface area contributed by atoms with Gasteiger partial charge < -0.3 is 9.15 Å². The standard InChI is InChI=1S/C32H23N2O2/c1-21-11-17-26-27-18-14-24(20-33)30(32(27)36-31(26)29(21)28-10-6-7-19-34(28)2)35-25-15-12-23(13-16-25)22-8-4-3-5-9-22/h3-19H,1-2H3/q+1. The van der Waals surface area contributed by atoms with Crippen molar-refractivity contribution in [2.75, 3.05) is 0 Å².